The molecule has 0 aromatic heterocycles. The molecule has 1 aliphatic carbocycles. The van der Waals surface area contributed by atoms with E-state index in [1.165, 1.54) is 5.57 Å². The van der Waals surface area contributed by atoms with Crippen molar-refractivity contribution in [1.29, 1.82) is 0 Å². The topological polar surface area (TPSA) is 26.0 Å². The van der Waals surface area contributed by atoms with E-state index >= 15 is 0 Å². The van der Waals surface area contributed by atoms with Gasteiger partial charge in [0.05, 0.1) is 0 Å². The van der Waals surface area contributed by atoms with Gasteiger partial charge in [0.15, 0.2) is 0 Å². The van der Waals surface area contributed by atoms with E-state index in [9.17, 15) is 0 Å². The molecular formula is C13H23N. The van der Waals surface area contributed by atoms with Crippen molar-refractivity contribution in [2.24, 2.45) is 23.0 Å². The number of hydrogen-bond acceptors (Lipinski definition) is 1. The van der Waals surface area contributed by atoms with Gasteiger partial charge in [-0.2, -0.15) is 0 Å². The maximum absolute atomic E-state index is 5.77. The van der Waals surface area contributed by atoms with Crippen molar-refractivity contribution in [2.75, 3.05) is 6.54 Å². The van der Waals surface area contributed by atoms with Crippen molar-refractivity contribution < 1.29 is 0 Å². The Morgan fingerprint density at radius 1 is 1.50 bits per heavy atom. The Kier molecular flexibility index (Phi) is 3.54. The van der Waals surface area contributed by atoms with E-state index in [1.54, 1.807) is 0 Å². The molecule has 2 atom stereocenters. The van der Waals surface area contributed by atoms with Crippen LogP contribution in [-0.2, 0) is 0 Å². The first kappa shape index (κ1) is 11.5. The van der Waals surface area contributed by atoms with Gasteiger partial charge in [-0.3, -0.25) is 0 Å². The first-order valence-corrected chi connectivity index (χ1v) is 5.52. The second-order valence-electron chi connectivity index (χ2n) is 5.37. The summed E-state index contributed by atoms with van der Waals surface area (Å²) in [6.45, 7) is 9.97. The van der Waals surface area contributed by atoms with E-state index in [2.05, 4.69) is 45.9 Å². The lowest BCUT2D eigenvalue weighted by Crippen LogP contribution is -2.29. The second-order valence-corrected chi connectivity index (χ2v) is 5.37. The van der Waals surface area contributed by atoms with Crippen LogP contribution in [0.1, 0.15) is 34.1 Å². The predicted molar refractivity (Wildman–Crippen MR) is 63.0 cm³/mol. The molecule has 14 heavy (non-hydrogen) atoms. The average molecular weight is 193 g/mol. The molecule has 0 fully saturated rings. The zero-order valence-electron chi connectivity index (χ0n) is 9.88. The summed E-state index contributed by atoms with van der Waals surface area (Å²) >= 11 is 0. The summed E-state index contributed by atoms with van der Waals surface area (Å²) in [6, 6.07) is 0. The molecular weight excluding hydrogens is 170 g/mol. The second kappa shape index (κ2) is 4.31. The minimum Gasteiger partial charge on any atom is -0.327 e. The predicted octanol–water partition coefficient (Wildman–Crippen LogP) is 3.13. The molecule has 0 heterocycles. The van der Waals surface area contributed by atoms with Gasteiger partial charge in [0.2, 0.25) is 0 Å². The van der Waals surface area contributed by atoms with Crippen molar-refractivity contribution in [3.63, 3.8) is 0 Å². The Hall–Kier alpha value is -0.560. The third-order valence-corrected chi connectivity index (χ3v) is 3.52. The molecule has 0 spiro atoms. The van der Waals surface area contributed by atoms with Gasteiger partial charge in [0, 0.05) is 6.54 Å². The number of nitrogens with two attached hydrogens (primary N) is 1. The molecule has 0 bridgehead atoms. The highest BCUT2D eigenvalue weighted by Crippen LogP contribution is 2.38. The molecule has 2 unspecified atom stereocenters. The van der Waals surface area contributed by atoms with Crippen LogP contribution in [0, 0.1) is 17.3 Å². The fraction of sp³-hybridized carbons (Fsp3) is 0.692. The van der Waals surface area contributed by atoms with E-state index in [0.717, 1.165) is 6.42 Å². The summed E-state index contributed by atoms with van der Waals surface area (Å²) in [4.78, 5) is 0. The van der Waals surface area contributed by atoms with E-state index < -0.39 is 0 Å². The van der Waals surface area contributed by atoms with Crippen LogP contribution >= 0.6 is 0 Å². The lowest BCUT2D eigenvalue weighted by molar-refractivity contribution is 0.197. The third-order valence-electron chi connectivity index (χ3n) is 3.52. The van der Waals surface area contributed by atoms with Gasteiger partial charge in [-0.25, -0.2) is 0 Å². The van der Waals surface area contributed by atoms with Gasteiger partial charge in [-0.05, 0) is 23.7 Å². The highest BCUT2D eigenvalue weighted by Gasteiger charge is 2.29. The highest BCUT2D eigenvalue weighted by molar-refractivity contribution is 5.23. The zero-order valence-corrected chi connectivity index (χ0v) is 9.88. The first-order valence-electron chi connectivity index (χ1n) is 5.52. The third kappa shape index (κ3) is 2.48. The summed E-state index contributed by atoms with van der Waals surface area (Å²) in [6.07, 6.45) is 7.73. The van der Waals surface area contributed by atoms with Gasteiger partial charge < -0.3 is 5.73 Å². The molecule has 1 nitrogen and oxygen atoms in total. The van der Waals surface area contributed by atoms with Crippen LogP contribution in [-0.4, -0.2) is 6.54 Å². The molecule has 0 amide bonds. The Morgan fingerprint density at radius 3 is 2.64 bits per heavy atom. The van der Waals surface area contributed by atoms with E-state index in [1.807, 2.05) is 0 Å². The number of allylic oxidation sites excluding steroid dienone is 3. The summed E-state index contributed by atoms with van der Waals surface area (Å²) in [7, 11) is 0. The van der Waals surface area contributed by atoms with Crippen LogP contribution in [0.3, 0.4) is 0 Å². The van der Waals surface area contributed by atoms with Crippen molar-refractivity contribution in [2.45, 2.75) is 34.1 Å². The standard InChI is InChI=1S/C13H23N/c1-10(13(2,3)4)12-8-6-5-7-11(12)9-14/h5-7,10,12H,8-9,14H2,1-4H3. The smallest absolute Gasteiger partial charge is 0.0142 e. The average Bonchev–Trinajstić information content (AvgIpc) is 2.15. The van der Waals surface area contributed by atoms with Crippen LogP contribution in [0.4, 0.5) is 0 Å². The molecule has 0 aromatic carbocycles. The molecule has 2 N–H and O–H groups in total. The SMILES string of the molecule is CC(C1CC=CC=C1CN)C(C)(C)C. The molecule has 1 heteroatoms. The maximum Gasteiger partial charge on any atom is 0.0142 e. The van der Waals surface area contributed by atoms with Gasteiger partial charge in [0.1, 0.15) is 0 Å². The van der Waals surface area contributed by atoms with Crippen LogP contribution in [0.15, 0.2) is 23.8 Å². The van der Waals surface area contributed by atoms with E-state index in [4.69, 9.17) is 5.73 Å². The van der Waals surface area contributed by atoms with Gasteiger partial charge >= 0.3 is 0 Å². The van der Waals surface area contributed by atoms with Gasteiger partial charge in [-0.1, -0.05) is 51.5 Å². The Labute approximate surface area is 88.1 Å². The largest absolute Gasteiger partial charge is 0.327 e. The monoisotopic (exact) mass is 193 g/mol. The van der Waals surface area contributed by atoms with Crippen LogP contribution in [0.5, 0.6) is 0 Å². The van der Waals surface area contributed by atoms with Gasteiger partial charge in [0.25, 0.3) is 0 Å². The fourth-order valence-corrected chi connectivity index (χ4v) is 2.04. The molecule has 80 valence electrons. The Bertz CT molecular complexity index is 242. The number of hydrogen-bond donors (Lipinski definition) is 1. The zero-order chi connectivity index (χ0) is 10.8. The first-order chi connectivity index (χ1) is 6.46. The summed E-state index contributed by atoms with van der Waals surface area (Å²) in [5.41, 5.74) is 7.55. The summed E-state index contributed by atoms with van der Waals surface area (Å²) < 4.78 is 0. The van der Waals surface area contributed by atoms with Crippen molar-refractivity contribution in [1.82, 2.24) is 0 Å². The van der Waals surface area contributed by atoms with E-state index in [0.29, 0.717) is 23.8 Å². The van der Waals surface area contributed by atoms with Crippen molar-refractivity contribution in [3.05, 3.63) is 23.8 Å². The summed E-state index contributed by atoms with van der Waals surface area (Å²) in [5.74, 6) is 1.33. The molecule has 0 aromatic rings. The van der Waals surface area contributed by atoms with Crippen LogP contribution < -0.4 is 5.73 Å². The Morgan fingerprint density at radius 2 is 2.14 bits per heavy atom. The van der Waals surface area contributed by atoms with Crippen LogP contribution in [0.2, 0.25) is 0 Å². The molecule has 0 saturated heterocycles. The Balaban J connectivity index is 2.78. The highest BCUT2D eigenvalue weighted by atomic mass is 14.5. The van der Waals surface area contributed by atoms with E-state index in [-0.39, 0.29) is 0 Å². The quantitative estimate of drug-likeness (QED) is 0.716. The molecule has 0 saturated carbocycles. The van der Waals surface area contributed by atoms with Crippen molar-refractivity contribution in [3.8, 4) is 0 Å². The molecule has 0 radical (unpaired) electrons. The summed E-state index contributed by atoms with van der Waals surface area (Å²) in [5, 5.41) is 0. The van der Waals surface area contributed by atoms with Gasteiger partial charge in [-0.15, -0.1) is 0 Å². The maximum atomic E-state index is 5.77. The molecule has 1 aliphatic rings. The normalized spacial score (nSPS) is 24.6. The number of rotatable bonds is 2. The minimum absolute atomic E-state index is 0.365. The van der Waals surface area contributed by atoms with Crippen LogP contribution in [0.25, 0.3) is 0 Å². The van der Waals surface area contributed by atoms with Crippen molar-refractivity contribution >= 4 is 0 Å². The lowest BCUT2D eigenvalue weighted by Gasteiger charge is -2.36. The fourth-order valence-electron chi connectivity index (χ4n) is 2.04. The molecule has 0 aliphatic heterocycles. The minimum atomic E-state index is 0.365. The lowest BCUT2D eigenvalue weighted by atomic mass is 9.69. The molecule has 1 rings (SSSR count).